The summed E-state index contributed by atoms with van der Waals surface area (Å²) >= 11 is 0. The summed E-state index contributed by atoms with van der Waals surface area (Å²) in [6.07, 6.45) is 8.41. The van der Waals surface area contributed by atoms with Crippen LogP contribution >= 0.6 is 0 Å². The van der Waals surface area contributed by atoms with Crippen LogP contribution < -0.4 is 10.6 Å². The van der Waals surface area contributed by atoms with Crippen LogP contribution in [-0.4, -0.2) is 24.1 Å². The van der Waals surface area contributed by atoms with Crippen LogP contribution in [0.15, 0.2) is 30.3 Å². The molecule has 150 valence electrons. The van der Waals surface area contributed by atoms with Gasteiger partial charge in [0, 0.05) is 6.04 Å². The lowest BCUT2D eigenvalue weighted by molar-refractivity contribution is -0.125. The topological polar surface area (TPSA) is 67.4 Å². The van der Waals surface area contributed by atoms with E-state index in [1.807, 2.05) is 44.2 Å². The van der Waals surface area contributed by atoms with Crippen molar-refractivity contribution in [1.82, 2.24) is 10.6 Å². The van der Waals surface area contributed by atoms with Crippen molar-refractivity contribution in [2.75, 3.05) is 0 Å². The quantitative estimate of drug-likeness (QED) is 0.735. The Morgan fingerprint density at radius 1 is 1.07 bits per heavy atom. The van der Waals surface area contributed by atoms with Crippen molar-refractivity contribution in [2.24, 2.45) is 5.92 Å². The zero-order valence-corrected chi connectivity index (χ0v) is 16.7. The normalized spacial score (nSPS) is 17.9. The summed E-state index contributed by atoms with van der Waals surface area (Å²) in [5, 5.41) is 5.95. The maximum absolute atomic E-state index is 12.8. The zero-order chi connectivity index (χ0) is 19.5. The first kappa shape index (κ1) is 21.3. The average molecular weight is 375 g/mol. The molecular weight excluding hydrogens is 340 g/mol. The highest BCUT2D eigenvalue weighted by Gasteiger charge is 2.28. The van der Waals surface area contributed by atoms with Gasteiger partial charge in [0.05, 0.1) is 0 Å². The van der Waals surface area contributed by atoms with E-state index in [2.05, 4.69) is 10.6 Å². The summed E-state index contributed by atoms with van der Waals surface area (Å²) < 4.78 is 5.30. The van der Waals surface area contributed by atoms with Gasteiger partial charge in [0.2, 0.25) is 5.91 Å². The first-order valence-corrected chi connectivity index (χ1v) is 10.4. The molecule has 5 nitrogen and oxygen atoms in total. The SMILES string of the molecule is CC[C@@H](C)[C@H](NC(=O)OCc1ccccc1)C(=O)NC1CCCCCCC1. The Kier molecular flexibility index (Phi) is 9.16. The molecule has 2 atom stereocenters. The molecule has 1 saturated carbocycles. The molecule has 27 heavy (non-hydrogen) atoms. The summed E-state index contributed by atoms with van der Waals surface area (Å²) in [6, 6.07) is 9.18. The number of benzene rings is 1. The molecule has 0 aromatic heterocycles. The molecule has 2 N–H and O–H groups in total. The van der Waals surface area contributed by atoms with E-state index in [1.165, 1.54) is 19.3 Å². The second-order valence-corrected chi connectivity index (χ2v) is 7.62. The van der Waals surface area contributed by atoms with Crippen LogP contribution in [0.25, 0.3) is 0 Å². The predicted octanol–water partition coefficient (Wildman–Crippen LogP) is 4.56. The number of carbonyl (C=O) groups is 2. The summed E-state index contributed by atoms with van der Waals surface area (Å²) in [5.41, 5.74) is 0.923. The van der Waals surface area contributed by atoms with E-state index >= 15 is 0 Å². The molecular formula is C22H34N2O3. The van der Waals surface area contributed by atoms with Crippen LogP contribution in [0, 0.1) is 5.92 Å². The minimum absolute atomic E-state index is 0.0443. The first-order valence-electron chi connectivity index (χ1n) is 10.4. The molecule has 0 spiro atoms. The van der Waals surface area contributed by atoms with Crippen LogP contribution in [0.4, 0.5) is 4.79 Å². The van der Waals surface area contributed by atoms with Gasteiger partial charge in [-0.15, -0.1) is 0 Å². The van der Waals surface area contributed by atoms with Crippen LogP contribution in [0.2, 0.25) is 0 Å². The second kappa shape index (κ2) is 11.6. The van der Waals surface area contributed by atoms with Gasteiger partial charge in [-0.05, 0) is 24.3 Å². The lowest BCUT2D eigenvalue weighted by Gasteiger charge is -2.27. The van der Waals surface area contributed by atoms with E-state index in [1.54, 1.807) is 0 Å². The van der Waals surface area contributed by atoms with E-state index in [-0.39, 0.29) is 24.5 Å². The highest BCUT2D eigenvalue weighted by atomic mass is 16.5. The minimum atomic E-state index is -0.566. The lowest BCUT2D eigenvalue weighted by atomic mass is 9.94. The number of amides is 2. The summed E-state index contributed by atoms with van der Waals surface area (Å²) in [4.78, 5) is 25.1. The van der Waals surface area contributed by atoms with Crippen LogP contribution in [0.3, 0.4) is 0 Å². The van der Waals surface area contributed by atoms with E-state index in [0.717, 1.165) is 37.7 Å². The van der Waals surface area contributed by atoms with Gasteiger partial charge in [0.25, 0.3) is 0 Å². The van der Waals surface area contributed by atoms with Gasteiger partial charge >= 0.3 is 6.09 Å². The number of alkyl carbamates (subject to hydrolysis) is 1. The Bertz CT molecular complexity index is 568. The molecule has 1 aliphatic rings. The second-order valence-electron chi connectivity index (χ2n) is 7.62. The molecule has 0 heterocycles. The van der Waals surface area contributed by atoms with Gasteiger partial charge in [0.15, 0.2) is 0 Å². The fourth-order valence-corrected chi connectivity index (χ4v) is 3.49. The fourth-order valence-electron chi connectivity index (χ4n) is 3.49. The summed E-state index contributed by atoms with van der Waals surface area (Å²) in [6.45, 7) is 4.21. The Hall–Kier alpha value is -2.04. The van der Waals surface area contributed by atoms with E-state index < -0.39 is 12.1 Å². The standard InChI is InChI=1S/C22H34N2O3/c1-3-17(2)20(21(25)23-19-14-10-5-4-6-11-15-19)24-22(26)27-16-18-12-8-7-9-13-18/h7-9,12-13,17,19-20H,3-6,10-11,14-16H2,1-2H3,(H,23,25)(H,24,26)/t17-,20+/m1/s1. The summed E-state index contributed by atoms with van der Waals surface area (Å²) in [7, 11) is 0. The smallest absolute Gasteiger partial charge is 0.408 e. The molecule has 0 unspecified atom stereocenters. The molecule has 1 aromatic rings. The van der Waals surface area contributed by atoms with Gasteiger partial charge in [0.1, 0.15) is 12.6 Å². The van der Waals surface area contributed by atoms with Crippen LogP contribution in [0.5, 0.6) is 0 Å². The molecule has 5 heteroatoms. The number of carbonyl (C=O) groups excluding carboxylic acids is 2. The third-order valence-corrected chi connectivity index (χ3v) is 5.43. The Morgan fingerprint density at radius 2 is 1.70 bits per heavy atom. The molecule has 0 saturated heterocycles. The Balaban J connectivity index is 1.88. The fraction of sp³-hybridized carbons (Fsp3) is 0.636. The number of nitrogens with one attached hydrogen (secondary N) is 2. The van der Waals surface area contributed by atoms with E-state index in [4.69, 9.17) is 4.74 Å². The number of ether oxygens (including phenoxy) is 1. The van der Waals surface area contributed by atoms with Gasteiger partial charge in [-0.2, -0.15) is 0 Å². The van der Waals surface area contributed by atoms with Crippen molar-refractivity contribution in [2.45, 2.75) is 83.9 Å². The van der Waals surface area contributed by atoms with Crippen LogP contribution in [0.1, 0.15) is 70.8 Å². The molecule has 0 radical (unpaired) electrons. The van der Waals surface area contributed by atoms with Crippen molar-refractivity contribution >= 4 is 12.0 Å². The highest BCUT2D eigenvalue weighted by Crippen LogP contribution is 2.18. The molecule has 1 fully saturated rings. The Morgan fingerprint density at radius 3 is 2.33 bits per heavy atom. The third kappa shape index (κ3) is 7.61. The lowest BCUT2D eigenvalue weighted by Crippen LogP contribution is -2.52. The number of hydrogen-bond acceptors (Lipinski definition) is 3. The number of hydrogen-bond donors (Lipinski definition) is 2. The maximum atomic E-state index is 12.8. The molecule has 1 aliphatic carbocycles. The minimum Gasteiger partial charge on any atom is -0.445 e. The monoisotopic (exact) mass is 374 g/mol. The highest BCUT2D eigenvalue weighted by molar-refractivity contribution is 5.86. The molecule has 1 aromatic carbocycles. The largest absolute Gasteiger partial charge is 0.445 e. The number of rotatable bonds is 7. The van der Waals surface area contributed by atoms with Crippen LogP contribution in [-0.2, 0) is 16.1 Å². The van der Waals surface area contributed by atoms with Crippen molar-refractivity contribution in [3.63, 3.8) is 0 Å². The zero-order valence-electron chi connectivity index (χ0n) is 16.7. The van der Waals surface area contributed by atoms with E-state index in [9.17, 15) is 9.59 Å². The molecule has 2 rings (SSSR count). The molecule has 0 bridgehead atoms. The maximum Gasteiger partial charge on any atom is 0.408 e. The van der Waals surface area contributed by atoms with Gasteiger partial charge in [-0.3, -0.25) is 4.79 Å². The van der Waals surface area contributed by atoms with Gasteiger partial charge in [-0.1, -0.05) is 82.7 Å². The van der Waals surface area contributed by atoms with Crippen molar-refractivity contribution in [3.8, 4) is 0 Å². The third-order valence-electron chi connectivity index (χ3n) is 5.43. The van der Waals surface area contributed by atoms with Gasteiger partial charge in [-0.25, -0.2) is 4.79 Å². The molecule has 2 amide bonds. The van der Waals surface area contributed by atoms with Gasteiger partial charge < -0.3 is 15.4 Å². The first-order chi connectivity index (χ1) is 13.1. The Labute approximate surface area is 163 Å². The average Bonchev–Trinajstić information content (AvgIpc) is 2.66. The van der Waals surface area contributed by atoms with Crippen molar-refractivity contribution < 1.29 is 14.3 Å². The van der Waals surface area contributed by atoms with Crippen molar-refractivity contribution in [1.29, 1.82) is 0 Å². The van der Waals surface area contributed by atoms with Crippen molar-refractivity contribution in [3.05, 3.63) is 35.9 Å². The molecule has 0 aliphatic heterocycles. The predicted molar refractivity (Wildman–Crippen MR) is 107 cm³/mol. The van der Waals surface area contributed by atoms with E-state index in [0.29, 0.717) is 0 Å². The summed E-state index contributed by atoms with van der Waals surface area (Å²) in [5.74, 6) is -0.0468.